The second kappa shape index (κ2) is 7.41. The fourth-order valence-electron chi connectivity index (χ4n) is 2.84. The minimum atomic E-state index is -0.278. The van der Waals surface area contributed by atoms with Crippen molar-refractivity contribution in [2.24, 2.45) is 7.05 Å². The monoisotopic (exact) mass is 360 g/mol. The van der Waals surface area contributed by atoms with E-state index >= 15 is 0 Å². The van der Waals surface area contributed by atoms with Crippen LogP contribution in [0.25, 0.3) is 0 Å². The zero-order chi connectivity index (χ0) is 17.1. The van der Waals surface area contributed by atoms with Crippen LogP contribution in [0.15, 0.2) is 17.6 Å². The van der Waals surface area contributed by atoms with Crippen molar-refractivity contribution in [2.45, 2.75) is 49.4 Å². The lowest BCUT2D eigenvalue weighted by Gasteiger charge is -2.11. The summed E-state index contributed by atoms with van der Waals surface area (Å²) in [4.78, 5) is 18.0. The number of rotatable bonds is 4. The normalized spacial score (nSPS) is 15.2. The van der Waals surface area contributed by atoms with Crippen molar-refractivity contribution in [1.29, 1.82) is 5.26 Å². The molecule has 2 aromatic rings. The van der Waals surface area contributed by atoms with E-state index in [1.54, 1.807) is 17.5 Å². The van der Waals surface area contributed by atoms with Gasteiger partial charge in [-0.05, 0) is 38.2 Å². The molecule has 2 aromatic heterocycles. The van der Waals surface area contributed by atoms with Crippen molar-refractivity contribution >= 4 is 34.0 Å². The summed E-state index contributed by atoms with van der Waals surface area (Å²) in [6.07, 6.45) is 9.04. The highest BCUT2D eigenvalue weighted by molar-refractivity contribution is 8.00. The number of aromatic nitrogens is 2. The number of nitrogens with one attached hydrogen (secondary N) is 1. The SMILES string of the molecule is C[C@@H](Sc1nccn1C)C(=O)Nc1sc2c(c1C#N)CCCCC2. The Labute approximate surface area is 150 Å². The van der Waals surface area contributed by atoms with Gasteiger partial charge in [-0.2, -0.15) is 5.26 Å². The highest BCUT2D eigenvalue weighted by Gasteiger charge is 2.23. The Morgan fingerprint density at radius 1 is 1.46 bits per heavy atom. The number of hydrogen-bond acceptors (Lipinski definition) is 5. The molecule has 24 heavy (non-hydrogen) atoms. The number of thioether (sulfide) groups is 1. The lowest BCUT2D eigenvalue weighted by molar-refractivity contribution is -0.115. The molecular formula is C17H20N4OS2. The van der Waals surface area contributed by atoms with E-state index in [0.717, 1.165) is 36.4 Å². The zero-order valence-electron chi connectivity index (χ0n) is 13.8. The average Bonchev–Trinajstić information content (AvgIpc) is 3.02. The number of carbonyl (C=O) groups excluding carboxylic acids is 1. The molecule has 5 nitrogen and oxygen atoms in total. The molecule has 126 valence electrons. The lowest BCUT2D eigenvalue weighted by Crippen LogP contribution is -2.22. The van der Waals surface area contributed by atoms with Gasteiger partial charge in [-0.1, -0.05) is 18.2 Å². The smallest absolute Gasteiger partial charge is 0.238 e. The minimum absolute atomic E-state index is 0.0871. The number of nitrogens with zero attached hydrogens (tertiary/aromatic N) is 3. The first-order valence-corrected chi connectivity index (χ1v) is 9.79. The lowest BCUT2D eigenvalue weighted by atomic mass is 10.1. The standard InChI is InChI=1S/C17H20N4OS2/c1-11(23-17-19-8-9-21(17)2)15(22)20-16-13(10-18)12-6-4-3-5-7-14(12)24-16/h8-9,11H,3-7H2,1-2H3,(H,20,22)/t11-/m1/s1. The Bertz CT molecular complexity index is 787. The molecule has 0 spiro atoms. The van der Waals surface area contributed by atoms with Crippen LogP contribution in [0, 0.1) is 11.3 Å². The van der Waals surface area contributed by atoms with Crippen LogP contribution in [0.3, 0.4) is 0 Å². The van der Waals surface area contributed by atoms with Crippen LogP contribution in [0.5, 0.6) is 0 Å². The molecule has 0 fully saturated rings. The van der Waals surface area contributed by atoms with E-state index in [4.69, 9.17) is 0 Å². The first-order valence-electron chi connectivity index (χ1n) is 8.09. The van der Waals surface area contributed by atoms with Gasteiger partial charge in [0.05, 0.1) is 10.8 Å². The second-order valence-corrected chi connectivity index (χ2v) is 8.36. The van der Waals surface area contributed by atoms with E-state index in [9.17, 15) is 10.1 Å². The molecule has 0 aromatic carbocycles. The Morgan fingerprint density at radius 2 is 2.25 bits per heavy atom. The minimum Gasteiger partial charge on any atom is -0.329 e. The number of anilines is 1. The number of hydrogen-bond donors (Lipinski definition) is 1. The maximum absolute atomic E-state index is 12.5. The first-order chi connectivity index (χ1) is 11.6. The van der Waals surface area contributed by atoms with E-state index in [-0.39, 0.29) is 11.2 Å². The molecular weight excluding hydrogens is 340 g/mol. The number of thiophene rings is 1. The van der Waals surface area contributed by atoms with Crippen LogP contribution >= 0.6 is 23.1 Å². The quantitative estimate of drug-likeness (QED) is 0.666. The fourth-order valence-corrected chi connectivity index (χ4v) is 4.91. The number of imidazole rings is 1. The van der Waals surface area contributed by atoms with Crippen molar-refractivity contribution in [2.75, 3.05) is 5.32 Å². The van der Waals surface area contributed by atoms with E-state index in [0.29, 0.717) is 10.6 Å². The van der Waals surface area contributed by atoms with Crippen molar-refractivity contribution in [3.63, 3.8) is 0 Å². The van der Waals surface area contributed by atoms with Gasteiger partial charge in [0, 0.05) is 24.3 Å². The summed E-state index contributed by atoms with van der Waals surface area (Å²) in [5.74, 6) is -0.0871. The number of amides is 1. The Morgan fingerprint density at radius 3 is 2.96 bits per heavy atom. The fraction of sp³-hybridized carbons (Fsp3) is 0.471. The molecule has 1 aliphatic carbocycles. The Hall–Kier alpha value is -1.78. The molecule has 1 amide bonds. The van der Waals surface area contributed by atoms with Gasteiger partial charge in [-0.15, -0.1) is 11.3 Å². The summed E-state index contributed by atoms with van der Waals surface area (Å²) < 4.78 is 1.89. The van der Waals surface area contributed by atoms with Gasteiger partial charge in [0.1, 0.15) is 11.1 Å². The number of nitriles is 1. The van der Waals surface area contributed by atoms with Crippen LogP contribution in [0.2, 0.25) is 0 Å². The Kier molecular flexibility index (Phi) is 5.27. The molecule has 0 unspecified atom stereocenters. The van der Waals surface area contributed by atoms with Gasteiger partial charge < -0.3 is 9.88 Å². The Balaban J connectivity index is 1.74. The van der Waals surface area contributed by atoms with Gasteiger partial charge in [0.25, 0.3) is 0 Å². The molecule has 0 aliphatic heterocycles. The predicted molar refractivity (Wildman–Crippen MR) is 97.4 cm³/mol. The molecule has 0 radical (unpaired) electrons. The molecule has 1 atom stereocenters. The van der Waals surface area contributed by atoms with Crippen molar-refractivity contribution in [3.05, 3.63) is 28.4 Å². The zero-order valence-corrected chi connectivity index (χ0v) is 15.5. The van der Waals surface area contributed by atoms with E-state index < -0.39 is 0 Å². The molecule has 0 saturated heterocycles. The van der Waals surface area contributed by atoms with Crippen molar-refractivity contribution < 1.29 is 4.79 Å². The maximum atomic E-state index is 12.5. The molecule has 0 saturated carbocycles. The highest BCUT2D eigenvalue weighted by atomic mass is 32.2. The summed E-state index contributed by atoms with van der Waals surface area (Å²) >= 11 is 2.99. The number of carbonyl (C=O) groups is 1. The predicted octanol–water partition coefficient (Wildman–Crippen LogP) is 3.74. The second-order valence-electron chi connectivity index (χ2n) is 5.95. The van der Waals surface area contributed by atoms with Gasteiger partial charge in [0.2, 0.25) is 5.91 Å². The third kappa shape index (κ3) is 3.50. The van der Waals surface area contributed by atoms with Crippen LogP contribution in [-0.4, -0.2) is 20.7 Å². The number of aryl methyl sites for hydroxylation is 2. The van der Waals surface area contributed by atoms with Crippen LogP contribution in [0.1, 0.15) is 42.2 Å². The summed E-state index contributed by atoms with van der Waals surface area (Å²) in [7, 11) is 1.91. The molecule has 0 bridgehead atoms. The van der Waals surface area contributed by atoms with Crippen molar-refractivity contribution in [3.8, 4) is 6.07 Å². The van der Waals surface area contributed by atoms with Crippen LogP contribution < -0.4 is 5.32 Å². The van der Waals surface area contributed by atoms with E-state index in [2.05, 4.69) is 16.4 Å². The molecule has 2 heterocycles. The van der Waals surface area contributed by atoms with Gasteiger partial charge >= 0.3 is 0 Å². The summed E-state index contributed by atoms with van der Waals surface area (Å²) in [6.45, 7) is 1.86. The topological polar surface area (TPSA) is 70.7 Å². The van der Waals surface area contributed by atoms with Crippen molar-refractivity contribution in [1.82, 2.24) is 9.55 Å². The highest BCUT2D eigenvalue weighted by Crippen LogP contribution is 2.37. The van der Waals surface area contributed by atoms with E-state index in [1.807, 2.05) is 24.7 Å². The maximum Gasteiger partial charge on any atom is 0.238 e. The first kappa shape index (κ1) is 17.1. The van der Waals surface area contributed by atoms with Gasteiger partial charge in [-0.25, -0.2) is 4.98 Å². The summed E-state index contributed by atoms with van der Waals surface area (Å²) in [5.41, 5.74) is 1.82. The number of fused-ring (bicyclic) bond motifs is 1. The molecule has 1 N–H and O–H groups in total. The average molecular weight is 361 g/mol. The van der Waals surface area contributed by atoms with E-state index in [1.165, 1.54) is 23.1 Å². The van der Waals surface area contributed by atoms with Gasteiger partial charge in [0.15, 0.2) is 5.16 Å². The van der Waals surface area contributed by atoms with Gasteiger partial charge in [-0.3, -0.25) is 4.79 Å². The van der Waals surface area contributed by atoms with Crippen LogP contribution in [0.4, 0.5) is 5.00 Å². The third-order valence-corrected chi connectivity index (χ3v) is 6.58. The summed E-state index contributed by atoms with van der Waals surface area (Å²) in [6, 6.07) is 2.30. The summed E-state index contributed by atoms with van der Waals surface area (Å²) in [5, 5.41) is 13.7. The third-order valence-electron chi connectivity index (χ3n) is 4.20. The largest absolute Gasteiger partial charge is 0.329 e. The molecule has 1 aliphatic rings. The van der Waals surface area contributed by atoms with Crippen LogP contribution in [-0.2, 0) is 24.7 Å². The molecule has 7 heteroatoms. The molecule has 3 rings (SSSR count).